The number of hydrogen-bond acceptors (Lipinski definition) is 4. The molecule has 2 aromatic rings. The first kappa shape index (κ1) is 15.0. The molecule has 0 saturated heterocycles. The van der Waals surface area contributed by atoms with Gasteiger partial charge in [0.15, 0.2) is 5.17 Å². The molecule has 3 rings (SSSR count). The number of rotatable bonds is 4. The molecule has 0 bridgehead atoms. The van der Waals surface area contributed by atoms with Crippen LogP contribution in [-0.4, -0.2) is 11.8 Å². The van der Waals surface area contributed by atoms with Gasteiger partial charge in [-0.05, 0) is 49.2 Å². The molecule has 1 aliphatic rings. The summed E-state index contributed by atoms with van der Waals surface area (Å²) in [6, 6.07) is 16.4. The molecule has 0 amide bonds. The van der Waals surface area contributed by atoms with Crippen LogP contribution in [0.25, 0.3) is 0 Å². The Morgan fingerprint density at radius 3 is 2.59 bits per heavy atom. The first-order chi connectivity index (χ1) is 10.8. The lowest BCUT2D eigenvalue weighted by Crippen LogP contribution is -2.13. The third-order valence-corrected chi connectivity index (χ3v) is 4.84. The highest BCUT2D eigenvalue weighted by molar-refractivity contribution is 8.14. The van der Waals surface area contributed by atoms with Crippen molar-refractivity contribution in [2.45, 2.75) is 25.5 Å². The normalized spacial score (nSPS) is 16.6. The van der Waals surface area contributed by atoms with Gasteiger partial charge in [-0.3, -0.25) is 0 Å². The van der Waals surface area contributed by atoms with E-state index in [1.807, 2.05) is 37.3 Å². The lowest BCUT2D eigenvalue weighted by atomic mass is 10.1. The van der Waals surface area contributed by atoms with Gasteiger partial charge in [-0.15, -0.1) is 0 Å². The summed E-state index contributed by atoms with van der Waals surface area (Å²) in [5.41, 5.74) is 3.43. The zero-order chi connectivity index (χ0) is 15.4. The summed E-state index contributed by atoms with van der Waals surface area (Å²) < 4.78 is 5.47. The maximum absolute atomic E-state index is 5.47. The number of amidine groups is 1. The SMILES string of the molecule is CCOc1ccc(NC2=Nc3ccccc3C(CC)S2)cc1. The lowest BCUT2D eigenvalue weighted by Gasteiger charge is -2.23. The fourth-order valence-electron chi connectivity index (χ4n) is 2.48. The molecule has 0 spiro atoms. The van der Waals surface area contributed by atoms with Gasteiger partial charge in [-0.1, -0.05) is 36.9 Å². The number of ether oxygens (including phenoxy) is 1. The Morgan fingerprint density at radius 1 is 1.09 bits per heavy atom. The summed E-state index contributed by atoms with van der Waals surface area (Å²) in [5.74, 6) is 0.892. The third kappa shape index (κ3) is 3.28. The van der Waals surface area contributed by atoms with Crippen LogP contribution < -0.4 is 10.1 Å². The molecule has 1 atom stereocenters. The minimum absolute atomic E-state index is 0.457. The van der Waals surface area contributed by atoms with Crippen molar-refractivity contribution in [3.05, 3.63) is 54.1 Å². The van der Waals surface area contributed by atoms with Crippen LogP contribution in [-0.2, 0) is 0 Å². The van der Waals surface area contributed by atoms with Crippen molar-refractivity contribution in [1.29, 1.82) is 0 Å². The number of nitrogens with one attached hydrogen (secondary N) is 1. The predicted octanol–water partition coefficient (Wildman–Crippen LogP) is 5.38. The Morgan fingerprint density at radius 2 is 1.86 bits per heavy atom. The van der Waals surface area contributed by atoms with E-state index in [4.69, 9.17) is 9.73 Å². The van der Waals surface area contributed by atoms with Gasteiger partial charge >= 0.3 is 0 Å². The van der Waals surface area contributed by atoms with E-state index in [1.165, 1.54) is 5.56 Å². The molecule has 0 saturated carbocycles. The van der Waals surface area contributed by atoms with Crippen molar-refractivity contribution in [3.8, 4) is 5.75 Å². The number of thioether (sulfide) groups is 1. The molecule has 1 aliphatic heterocycles. The van der Waals surface area contributed by atoms with Crippen LogP contribution in [0, 0.1) is 0 Å². The van der Waals surface area contributed by atoms with Gasteiger partial charge in [0.05, 0.1) is 12.3 Å². The number of benzene rings is 2. The predicted molar refractivity (Wildman–Crippen MR) is 95.4 cm³/mol. The van der Waals surface area contributed by atoms with Crippen LogP contribution in [0.4, 0.5) is 11.4 Å². The Labute approximate surface area is 135 Å². The van der Waals surface area contributed by atoms with Gasteiger partial charge < -0.3 is 10.1 Å². The molecule has 0 aliphatic carbocycles. The van der Waals surface area contributed by atoms with Crippen LogP contribution in [0.1, 0.15) is 31.1 Å². The fraction of sp³-hybridized carbons (Fsp3) is 0.278. The van der Waals surface area contributed by atoms with E-state index in [9.17, 15) is 0 Å². The molecule has 3 nitrogen and oxygen atoms in total. The summed E-state index contributed by atoms with van der Waals surface area (Å²) in [6.07, 6.45) is 1.09. The number of nitrogens with zero attached hydrogens (tertiary/aromatic N) is 1. The minimum atomic E-state index is 0.457. The number of anilines is 1. The Kier molecular flexibility index (Phi) is 4.68. The van der Waals surface area contributed by atoms with Crippen molar-refractivity contribution < 1.29 is 4.74 Å². The molecule has 1 unspecified atom stereocenters. The topological polar surface area (TPSA) is 33.6 Å². The van der Waals surface area contributed by atoms with Gasteiger partial charge in [0, 0.05) is 10.9 Å². The maximum atomic E-state index is 5.47. The standard InChI is InChI=1S/C18H20N2OS/c1-3-17-15-7-5-6-8-16(15)20-18(22-17)19-13-9-11-14(12-10-13)21-4-2/h5-12,17H,3-4H2,1-2H3,(H,19,20). The molecule has 1 heterocycles. The molecule has 0 aromatic heterocycles. The van der Waals surface area contributed by atoms with Crippen LogP contribution in [0.3, 0.4) is 0 Å². The van der Waals surface area contributed by atoms with Gasteiger partial charge in [-0.25, -0.2) is 4.99 Å². The first-order valence-corrected chi connectivity index (χ1v) is 8.52. The number of hydrogen-bond donors (Lipinski definition) is 1. The second-order valence-corrected chi connectivity index (χ2v) is 6.26. The highest BCUT2D eigenvalue weighted by Crippen LogP contribution is 2.42. The molecule has 114 valence electrons. The lowest BCUT2D eigenvalue weighted by molar-refractivity contribution is 0.340. The molecule has 2 aromatic carbocycles. The Hall–Kier alpha value is -1.94. The molecular weight excluding hydrogens is 292 g/mol. The molecule has 22 heavy (non-hydrogen) atoms. The third-order valence-electron chi connectivity index (χ3n) is 3.55. The van der Waals surface area contributed by atoms with E-state index in [0.29, 0.717) is 11.9 Å². The van der Waals surface area contributed by atoms with E-state index in [1.54, 1.807) is 11.8 Å². The van der Waals surface area contributed by atoms with Crippen LogP contribution >= 0.6 is 11.8 Å². The van der Waals surface area contributed by atoms with Crippen molar-refractivity contribution >= 4 is 28.3 Å². The number of fused-ring (bicyclic) bond motifs is 1. The van der Waals surface area contributed by atoms with E-state index in [-0.39, 0.29) is 0 Å². The summed E-state index contributed by atoms with van der Waals surface area (Å²) >= 11 is 1.79. The minimum Gasteiger partial charge on any atom is -0.494 e. The van der Waals surface area contributed by atoms with Gasteiger partial charge in [0.25, 0.3) is 0 Å². The van der Waals surface area contributed by atoms with E-state index in [2.05, 4.69) is 30.4 Å². The van der Waals surface area contributed by atoms with E-state index >= 15 is 0 Å². The average Bonchev–Trinajstić information content (AvgIpc) is 2.56. The molecule has 0 fully saturated rings. The monoisotopic (exact) mass is 312 g/mol. The van der Waals surface area contributed by atoms with Crippen molar-refractivity contribution in [2.24, 2.45) is 4.99 Å². The zero-order valence-corrected chi connectivity index (χ0v) is 13.7. The fourth-order valence-corrected chi connectivity index (χ4v) is 3.57. The second-order valence-electron chi connectivity index (χ2n) is 5.07. The smallest absolute Gasteiger partial charge is 0.166 e. The van der Waals surface area contributed by atoms with Crippen LogP contribution in [0.15, 0.2) is 53.5 Å². The number of para-hydroxylation sites is 1. The van der Waals surface area contributed by atoms with Crippen molar-refractivity contribution in [1.82, 2.24) is 0 Å². The molecule has 0 radical (unpaired) electrons. The summed E-state index contributed by atoms with van der Waals surface area (Å²) in [4.78, 5) is 4.73. The van der Waals surface area contributed by atoms with E-state index < -0.39 is 0 Å². The van der Waals surface area contributed by atoms with E-state index in [0.717, 1.165) is 28.7 Å². The summed E-state index contributed by atoms with van der Waals surface area (Å²) in [7, 11) is 0. The average molecular weight is 312 g/mol. The van der Waals surface area contributed by atoms with Gasteiger partial charge in [0.1, 0.15) is 5.75 Å². The Bertz CT molecular complexity index is 667. The Balaban J connectivity index is 1.79. The quantitative estimate of drug-likeness (QED) is 0.822. The molecular formula is C18H20N2OS. The molecule has 1 N–H and O–H groups in total. The first-order valence-electron chi connectivity index (χ1n) is 7.64. The highest BCUT2D eigenvalue weighted by Gasteiger charge is 2.21. The van der Waals surface area contributed by atoms with Gasteiger partial charge in [-0.2, -0.15) is 0 Å². The van der Waals surface area contributed by atoms with Crippen LogP contribution in [0.5, 0.6) is 5.75 Å². The van der Waals surface area contributed by atoms with Crippen molar-refractivity contribution in [2.75, 3.05) is 11.9 Å². The largest absolute Gasteiger partial charge is 0.494 e. The van der Waals surface area contributed by atoms with Crippen molar-refractivity contribution in [3.63, 3.8) is 0 Å². The summed E-state index contributed by atoms with van der Waals surface area (Å²) in [5, 5.41) is 4.82. The highest BCUT2D eigenvalue weighted by atomic mass is 32.2. The van der Waals surface area contributed by atoms with Gasteiger partial charge in [0.2, 0.25) is 0 Å². The maximum Gasteiger partial charge on any atom is 0.166 e. The second kappa shape index (κ2) is 6.88. The zero-order valence-electron chi connectivity index (χ0n) is 12.9. The van der Waals surface area contributed by atoms with Crippen LogP contribution in [0.2, 0.25) is 0 Å². The number of aliphatic imine (C=N–C) groups is 1. The molecule has 4 heteroatoms. The summed E-state index contributed by atoms with van der Waals surface area (Å²) in [6.45, 7) is 4.89.